The minimum atomic E-state index is -1.10. The average molecular weight is 495 g/mol. The first kappa shape index (κ1) is 24.0. The Hall–Kier alpha value is -4.18. The minimum Gasteiger partial charge on any atom is -0.508 e. The van der Waals surface area contributed by atoms with Crippen LogP contribution >= 0.6 is 11.3 Å². The van der Waals surface area contributed by atoms with Crippen molar-refractivity contribution < 1.29 is 34.1 Å². The number of hydrogen-bond donors (Lipinski definition) is 2. The van der Waals surface area contributed by atoms with E-state index >= 15 is 0 Å². The summed E-state index contributed by atoms with van der Waals surface area (Å²) < 4.78 is 10.3. The second kappa shape index (κ2) is 9.59. The van der Waals surface area contributed by atoms with E-state index in [-0.39, 0.29) is 33.5 Å². The summed E-state index contributed by atoms with van der Waals surface area (Å²) in [6, 6.07) is 11.4. The molecule has 3 aromatic rings. The molecule has 9 nitrogen and oxygen atoms in total. The fourth-order valence-corrected chi connectivity index (χ4v) is 4.82. The lowest BCUT2D eigenvalue weighted by Crippen LogP contribution is -2.29. The fourth-order valence-electron chi connectivity index (χ4n) is 3.84. The highest BCUT2D eigenvalue weighted by Crippen LogP contribution is 2.44. The van der Waals surface area contributed by atoms with Crippen LogP contribution in [0.25, 0.3) is 5.76 Å². The van der Waals surface area contributed by atoms with Crippen LogP contribution in [0.5, 0.6) is 11.5 Å². The van der Waals surface area contributed by atoms with Gasteiger partial charge in [0.15, 0.2) is 5.13 Å². The van der Waals surface area contributed by atoms with E-state index in [9.17, 15) is 24.6 Å². The third kappa shape index (κ3) is 4.35. The molecule has 35 heavy (non-hydrogen) atoms. The van der Waals surface area contributed by atoms with Crippen LogP contribution in [0, 0.1) is 6.92 Å². The minimum absolute atomic E-state index is 0.0861. The largest absolute Gasteiger partial charge is 0.508 e. The Morgan fingerprint density at radius 2 is 1.91 bits per heavy atom. The number of benzene rings is 2. The summed E-state index contributed by atoms with van der Waals surface area (Å²) in [4.78, 5) is 44.5. The number of amides is 1. The van der Waals surface area contributed by atoms with Gasteiger partial charge in [-0.2, -0.15) is 0 Å². The molecule has 1 saturated heterocycles. The molecule has 1 fully saturated rings. The van der Waals surface area contributed by atoms with Gasteiger partial charge in [0, 0.05) is 5.56 Å². The number of hydrogen-bond acceptors (Lipinski definition) is 9. The molecule has 1 aromatic heterocycles. The molecular weight excluding hydrogens is 472 g/mol. The first-order chi connectivity index (χ1) is 16.8. The zero-order valence-electron chi connectivity index (χ0n) is 19.1. The second-order valence-corrected chi connectivity index (χ2v) is 8.61. The predicted molar refractivity (Wildman–Crippen MR) is 129 cm³/mol. The molecule has 1 amide bonds. The molecule has 0 saturated carbocycles. The number of aryl methyl sites for hydroxylation is 1. The van der Waals surface area contributed by atoms with Gasteiger partial charge in [0.05, 0.1) is 31.0 Å². The predicted octanol–water partition coefficient (Wildman–Crippen LogP) is 3.97. The zero-order chi connectivity index (χ0) is 25.3. The number of aliphatic hydroxyl groups is 1. The number of phenols is 1. The lowest BCUT2D eigenvalue weighted by Gasteiger charge is -2.23. The number of rotatable bonds is 6. The van der Waals surface area contributed by atoms with E-state index in [1.807, 2.05) is 0 Å². The monoisotopic (exact) mass is 494 g/mol. The maximum absolute atomic E-state index is 13.3. The summed E-state index contributed by atoms with van der Waals surface area (Å²) in [6.07, 6.45) is 0. The molecule has 1 unspecified atom stereocenters. The SMILES string of the molecule is CCOC(=O)c1sc(N2C(=O)C(=O)/C(=C(/O)c3cccc(OC)c3)C2c2cccc(O)c2)nc1C. The Kier molecular flexibility index (Phi) is 6.57. The number of phenolic OH excluding ortho intramolecular Hbond substituents is 1. The van der Waals surface area contributed by atoms with Crippen LogP contribution < -0.4 is 9.64 Å². The van der Waals surface area contributed by atoms with Gasteiger partial charge in [0.1, 0.15) is 22.1 Å². The first-order valence-corrected chi connectivity index (χ1v) is 11.5. The van der Waals surface area contributed by atoms with E-state index in [4.69, 9.17) is 9.47 Å². The maximum atomic E-state index is 13.3. The summed E-state index contributed by atoms with van der Waals surface area (Å²) in [7, 11) is 1.47. The topological polar surface area (TPSA) is 126 Å². The number of esters is 1. The van der Waals surface area contributed by atoms with E-state index in [0.29, 0.717) is 17.0 Å². The van der Waals surface area contributed by atoms with E-state index in [0.717, 1.165) is 16.2 Å². The quantitative estimate of drug-likeness (QED) is 0.228. The van der Waals surface area contributed by atoms with Gasteiger partial charge in [-0.15, -0.1) is 0 Å². The van der Waals surface area contributed by atoms with Gasteiger partial charge in [-0.1, -0.05) is 35.6 Å². The van der Waals surface area contributed by atoms with E-state index in [2.05, 4.69) is 4.98 Å². The number of Topliss-reactive ketones (excluding diaryl/α,β-unsaturated/α-hetero) is 1. The Bertz CT molecular complexity index is 1360. The van der Waals surface area contributed by atoms with Gasteiger partial charge in [-0.3, -0.25) is 14.5 Å². The first-order valence-electron chi connectivity index (χ1n) is 10.7. The second-order valence-electron chi connectivity index (χ2n) is 7.63. The van der Waals surface area contributed by atoms with Gasteiger partial charge in [-0.25, -0.2) is 9.78 Å². The molecule has 4 rings (SSSR count). The lowest BCUT2D eigenvalue weighted by atomic mass is 9.95. The Morgan fingerprint density at radius 3 is 2.60 bits per heavy atom. The van der Waals surface area contributed by atoms with Gasteiger partial charge < -0.3 is 19.7 Å². The van der Waals surface area contributed by atoms with E-state index in [1.54, 1.807) is 44.2 Å². The van der Waals surface area contributed by atoms with Crippen molar-refractivity contribution in [1.82, 2.24) is 4.98 Å². The standard InChI is InChI=1S/C25H22N2O7S/c1-4-34-24(32)22-13(2)26-25(35-22)27-19(14-7-5-9-16(28)11-14)18(21(30)23(27)31)20(29)15-8-6-10-17(12-15)33-3/h5-12,19,28-29H,4H2,1-3H3/b20-18+. The number of nitrogens with zero attached hydrogens (tertiary/aromatic N) is 2. The van der Waals surface area contributed by atoms with Gasteiger partial charge in [-0.05, 0) is 43.7 Å². The van der Waals surface area contributed by atoms with Crippen molar-refractivity contribution in [3.05, 3.63) is 75.8 Å². The van der Waals surface area contributed by atoms with Crippen molar-refractivity contribution in [2.75, 3.05) is 18.6 Å². The molecular formula is C25H22N2O7S. The third-order valence-electron chi connectivity index (χ3n) is 5.43. The third-order valence-corrected chi connectivity index (χ3v) is 6.56. The summed E-state index contributed by atoms with van der Waals surface area (Å²) in [6.45, 7) is 3.44. The van der Waals surface area contributed by atoms with Gasteiger partial charge in [0.2, 0.25) is 0 Å². The van der Waals surface area contributed by atoms with Crippen LogP contribution in [0.2, 0.25) is 0 Å². The Morgan fingerprint density at radius 1 is 1.17 bits per heavy atom. The van der Waals surface area contributed by atoms with Crippen molar-refractivity contribution in [3.8, 4) is 11.5 Å². The average Bonchev–Trinajstić information content (AvgIpc) is 3.35. The Balaban J connectivity index is 1.92. The number of ketones is 1. The molecule has 2 N–H and O–H groups in total. The van der Waals surface area contributed by atoms with Gasteiger partial charge in [0.25, 0.3) is 5.78 Å². The van der Waals surface area contributed by atoms with Crippen molar-refractivity contribution in [1.29, 1.82) is 0 Å². The molecule has 1 aliphatic rings. The maximum Gasteiger partial charge on any atom is 0.350 e. The normalized spacial score (nSPS) is 17.0. The molecule has 0 aliphatic carbocycles. The van der Waals surface area contributed by atoms with Crippen LogP contribution in [0.3, 0.4) is 0 Å². The number of carbonyl (C=O) groups is 3. The zero-order valence-corrected chi connectivity index (χ0v) is 20.0. The molecule has 1 aliphatic heterocycles. The summed E-state index contributed by atoms with van der Waals surface area (Å²) >= 11 is 0.909. The van der Waals surface area contributed by atoms with Crippen LogP contribution in [0.15, 0.2) is 54.1 Å². The number of methoxy groups -OCH3 is 1. The highest BCUT2D eigenvalue weighted by Gasteiger charge is 2.48. The highest BCUT2D eigenvalue weighted by molar-refractivity contribution is 7.17. The fraction of sp³-hybridized carbons (Fsp3) is 0.200. The molecule has 2 aromatic carbocycles. The summed E-state index contributed by atoms with van der Waals surface area (Å²) in [5, 5.41) is 21.4. The van der Waals surface area contributed by atoms with Crippen LogP contribution in [-0.2, 0) is 14.3 Å². The number of thiazole rings is 1. The molecule has 10 heteroatoms. The van der Waals surface area contributed by atoms with Crippen LogP contribution in [0.1, 0.15) is 39.5 Å². The summed E-state index contributed by atoms with van der Waals surface area (Å²) in [5.74, 6) is -2.48. The molecule has 0 bridgehead atoms. The van der Waals surface area contributed by atoms with E-state index in [1.165, 1.54) is 25.3 Å². The molecule has 1 atom stereocenters. The number of aromatic nitrogens is 1. The molecule has 2 heterocycles. The smallest absolute Gasteiger partial charge is 0.350 e. The van der Waals surface area contributed by atoms with Crippen LogP contribution in [-0.4, -0.2) is 46.6 Å². The van der Waals surface area contributed by atoms with Gasteiger partial charge >= 0.3 is 11.9 Å². The number of ether oxygens (including phenoxy) is 2. The highest BCUT2D eigenvalue weighted by atomic mass is 32.1. The lowest BCUT2D eigenvalue weighted by molar-refractivity contribution is -0.132. The van der Waals surface area contributed by atoms with E-state index < -0.39 is 29.5 Å². The summed E-state index contributed by atoms with van der Waals surface area (Å²) in [5.41, 5.74) is 0.807. The van der Waals surface area contributed by atoms with Crippen molar-refractivity contribution >= 4 is 39.9 Å². The Labute approximate surface area is 204 Å². The molecule has 0 radical (unpaired) electrons. The van der Waals surface area contributed by atoms with Crippen molar-refractivity contribution in [2.24, 2.45) is 0 Å². The number of aliphatic hydroxyl groups excluding tert-OH is 1. The number of aromatic hydroxyl groups is 1. The van der Waals surface area contributed by atoms with Crippen molar-refractivity contribution in [2.45, 2.75) is 19.9 Å². The molecule has 0 spiro atoms. The van der Waals surface area contributed by atoms with Crippen LogP contribution in [0.4, 0.5) is 5.13 Å². The van der Waals surface area contributed by atoms with Crippen molar-refractivity contribution in [3.63, 3.8) is 0 Å². The molecule has 180 valence electrons. The number of carbonyl (C=O) groups excluding carboxylic acids is 3. The number of anilines is 1.